The van der Waals surface area contributed by atoms with Crippen molar-refractivity contribution in [2.75, 3.05) is 36.8 Å². The van der Waals surface area contributed by atoms with Crippen LogP contribution < -0.4 is 21.3 Å². The van der Waals surface area contributed by atoms with Gasteiger partial charge >= 0.3 is 0 Å². The van der Waals surface area contributed by atoms with Crippen molar-refractivity contribution in [3.05, 3.63) is 46.1 Å². The molecule has 3 atom stereocenters. The van der Waals surface area contributed by atoms with Gasteiger partial charge in [-0.05, 0) is 49.4 Å². The summed E-state index contributed by atoms with van der Waals surface area (Å²) in [5.41, 5.74) is 12.1. The minimum absolute atomic E-state index is 0.0944. The van der Waals surface area contributed by atoms with E-state index in [1.54, 1.807) is 6.20 Å². The molecule has 0 saturated carbocycles. The van der Waals surface area contributed by atoms with E-state index >= 15 is 0 Å². The number of hydrogen-bond acceptors (Lipinski definition) is 8. The summed E-state index contributed by atoms with van der Waals surface area (Å²) < 4.78 is 6.05. The molecule has 4 N–H and O–H groups in total. The summed E-state index contributed by atoms with van der Waals surface area (Å²) in [6.07, 6.45) is 4.92. The smallest absolute Gasteiger partial charge is 0.263 e. The lowest BCUT2D eigenvalue weighted by Gasteiger charge is -2.43. The van der Waals surface area contributed by atoms with Crippen LogP contribution in [0.5, 0.6) is 0 Å². The number of hydrogen-bond donors (Lipinski definition) is 3. The van der Waals surface area contributed by atoms with Crippen molar-refractivity contribution in [1.82, 2.24) is 20.6 Å². The zero-order valence-electron chi connectivity index (χ0n) is 18.6. The Bertz CT molecular complexity index is 1220. The van der Waals surface area contributed by atoms with Gasteiger partial charge < -0.3 is 26.0 Å². The van der Waals surface area contributed by atoms with E-state index in [0.717, 1.165) is 51.1 Å². The number of aryl methyl sites for hydroxylation is 2. The zero-order valence-corrected chi connectivity index (χ0v) is 19.5. The molecular formula is C24H28N6O2S. The lowest BCUT2D eigenvalue weighted by atomic mass is 9.87. The van der Waals surface area contributed by atoms with Gasteiger partial charge in [0.25, 0.3) is 5.91 Å². The number of benzene rings is 1. The minimum atomic E-state index is -0.131. The molecule has 2 unspecified atom stereocenters. The van der Waals surface area contributed by atoms with Gasteiger partial charge in [0.2, 0.25) is 0 Å². The van der Waals surface area contributed by atoms with Crippen molar-refractivity contribution < 1.29 is 9.53 Å². The Hall–Kier alpha value is -2.75. The number of thiophene rings is 1. The molecule has 9 heteroatoms. The topological polar surface area (TPSA) is 105 Å². The van der Waals surface area contributed by atoms with Crippen LogP contribution in [-0.2, 0) is 17.6 Å². The molecule has 1 amide bonds. The van der Waals surface area contributed by atoms with Gasteiger partial charge in [0, 0.05) is 44.1 Å². The number of morpholine rings is 2. The molecule has 0 spiro atoms. The summed E-state index contributed by atoms with van der Waals surface area (Å²) in [5, 5.41) is 6.65. The summed E-state index contributed by atoms with van der Waals surface area (Å²) in [6, 6.07) is 6.89. The van der Waals surface area contributed by atoms with Crippen LogP contribution in [0.4, 0.5) is 11.4 Å². The van der Waals surface area contributed by atoms with Crippen LogP contribution in [0.1, 0.15) is 32.9 Å². The van der Waals surface area contributed by atoms with E-state index in [0.29, 0.717) is 20.9 Å². The van der Waals surface area contributed by atoms with Gasteiger partial charge in [-0.3, -0.25) is 4.79 Å². The molecule has 0 radical (unpaired) electrons. The average Bonchev–Trinajstić information content (AvgIpc) is 3.14. The summed E-state index contributed by atoms with van der Waals surface area (Å²) in [5.74, 6) is -0.131. The SMILES string of the molecule is Cc1cnc2c(N)c(C(=O)N[C@@H]3CCc4cc(N5CC6CNCC(C5)O6)ccc4C3)sc2n1. The van der Waals surface area contributed by atoms with Gasteiger partial charge in [-0.15, -0.1) is 11.3 Å². The largest absolute Gasteiger partial charge is 0.396 e. The average molecular weight is 465 g/mol. The van der Waals surface area contributed by atoms with Crippen molar-refractivity contribution in [3.8, 4) is 0 Å². The maximum Gasteiger partial charge on any atom is 0.263 e. The van der Waals surface area contributed by atoms with E-state index in [1.807, 2.05) is 6.92 Å². The van der Waals surface area contributed by atoms with Gasteiger partial charge in [0.1, 0.15) is 15.2 Å². The lowest BCUT2D eigenvalue weighted by molar-refractivity contribution is -0.0483. The minimum Gasteiger partial charge on any atom is -0.396 e. The molecule has 3 aromatic rings. The number of anilines is 2. The third-order valence-electron chi connectivity index (χ3n) is 6.86. The fraction of sp³-hybridized carbons (Fsp3) is 0.458. The molecule has 4 heterocycles. The number of fused-ring (bicyclic) bond motifs is 4. The van der Waals surface area contributed by atoms with Crippen molar-refractivity contribution in [3.63, 3.8) is 0 Å². The first kappa shape index (κ1) is 20.8. The molecule has 2 fully saturated rings. The van der Waals surface area contributed by atoms with Gasteiger partial charge in [0.15, 0.2) is 0 Å². The number of rotatable bonds is 3. The van der Waals surface area contributed by atoms with Crippen LogP contribution in [0.3, 0.4) is 0 Å². The molecule has 2 saturated heterocycles. The molecule has 1 aromatic carbocycles. The Balaban J connectivity index is 1.15. The highest BCUT2D eigenvalue weighted by atomic mass is 32.1. The maximum absolute atomic E-state index is 13.0. The molecule has 3 aliphatic rings. The highest BCUT2D eigenvalue weighted by Gasteiger charge is 2.32. The van der Waals surface area contributed by atoms with Crippen molar-refractivity contribution in [1.29, 1.82) is 0 Å². The zero-order chi connectivity index (χ0) is 22.5. The predicted molar refractivity (Wildman–Crippen MR) is 130 cm³/mol. The summed E-state index contributed by atoms with van der Waals surface area (Å²) in [6.45, 7) is 5.60. The van der Waals surface area contributed by atoms with Gasteiger partial charge in [-0.1, -0.05) is 6.07 Å². The first-order valence-corrected chi connectivity index (χ1v) is 12.4. The molecule has 6 rings (SSSR count). The van der Waals surface area contributed by atoms with E-state index in [4.69, 9.17) is 10.5 Å². The van der Waals surface area contributed by atoms with Gasteiger partial charge in [-0.2, -0.15) is 0 Å². The Kier molecular flexibility index (Phi) is 5.20. The Morgan fingerprint density at radius 2 is 2.09 bits per heavy atom. The third-order valence-corrected chi connectivity index (χ3v) is 7.95. The van der Waals surface area contributed by atoms with E-state index in [1.165, 1.54) is 28.2 Å². The van der Waals surface area contributed by atoms with E-state index in [2.05, 4.69) is 43.7 Å². The van der Waals surface area contributed by atoms with Crippen molar-refractivity contribution in [2.45, 2.75) is 44.4 Å². The van der Waals surface area contributed by atoms with Crippen molar-refractivity contribution >= 4 is 39.0 Å². The Morgan fingerprint density at radius 3 is 2.91 bits per heavy atom. The van der Waals surface area contributed by atoms with Crippen LogP contribution in [0, 0.1) is 6.92 Å². The summed E-state index contributed by atoms with van der Waals surface area (Å²) >= 11 is 1.31. The number of nitrogen functional groups attached to an aromatic ring is 1. The first-order chi connectivity index (χ1) is 16.0. The molecule has 8 nitrogen and oxygen atoms in total. The van der Waals surface area contributed by atoms with E-state index < -0.39 is 0 Å². The molecule has 2 aromatic heterocycles. The normalized spacial score (nSPS) is 24.5. The number of nitrogens with two attached hydrogens (primary N) is 1. The Morgan fingerprint density at radius 1 is 1.27 bits per heavy atom. The highest BCUT2D eigenvalue weighted by Crippen LogP contribution is 2.32. The number of ether oxygens (including phenoxy) is 1. The predicted octanol–water partition coefficient (Wildman–Crippen LogP) is 2.05. The maximum atomic E-state index is 13.0. The molecule has 33 heavy (non-hydrogen) atoms. The second-order valence-corrected chi connectivity index (χ2v) is 10.3. The van der Waals surface area contributed by atoms with E-state index in [9.17, 15) is 4.79 Å². The monoisotopic (exact) mass is 464 g/mol. The number of carbonyl (C=O) groups is 1. The summed E-state index contributed by atoms with van der Waals surface area (Å²) in [4.78, 5) is 25.5. The Labute approximate surface area is 196 Å². The standard InChI is InChI=1S/C24H28N6O2S/c1-13-8-27-21-20(25)22(33-24(21)28-13)23(31)29-16-4-2-15-7-17(5-3-14(15)6-16)30-11-18-9-26-10-19(12-30)32-18/h3,5,7-8,16,18-19,26H,2,4,6,9-12,25H2,1H3,(H,29,31)/t16-,18?,19?/m1/s1. The second kappa shape index (κ2) is 8.23. The number of nitrogens with one attached hydrogen (secondary N) is 2. The number of nitrogens with zero attached hydrogens (tertiary/aromatic N) is 3. The molecule has 2 aliphatic heterocycles. The second-order valence-electron chi connectivity index (χ2n) is 9.32. The van der Waals surface area contributed by atoms with Gasteiger partial charge in [-0.25, -0.2) is 9.97 Å². The number of carbonyl (C=O) groups excluding carboxylic acids is 1. The van der Waals surface area contributed by atoms with Crippen LogP contribution >= 0.6 is 11.3 Å². The first-order valence-electron chi connectivity index (χ1n) is 11.6. The summed E-state index contributed by atoms with van der Waals surface area (Å²) in [7, 11) is 0. The highest BCUT2D eigenvalue weighted by molar-refractivity contribution is 7.21. The number of aromatic nitrogens is 2. The van der Waals surface area contributed by atoms with Crippen LogP contribution in [0.2, 0.25) is 0 Å². The quantitative estimate of drug-likeness (QED) is 0.545. The van der Waals surface area contributed by atoms with Crippen LogP contribution in [0.25, 0.3) is 10.3 Å². The molecular weight excluding hydrogens is 436 g/mol. The molecule has 2 bridgehead atoms. The fourth-order valence-electron chi connectivity index (χ4n) is 5.22. The van der Waals surface area contributed by atoms with Crippen molar-refractivity contribution in [2.24, 2.45) is 0 Å². The lowest BCUT2D eigenvalue weighted by Crippen LogP contribution is -2.58. The van der Waals surface area contributed by atoms with E-state index in [-0.39, 0.29) is 24.2 Å². The van der Waals surface area contributed by atoms with Crippen LogP contribution in [-0.4, -0.2) is 60.3 Å². The molecule has 1 aliphatic carbocycles. The third kappa shape index (κ3) is 3.94. The van der Waals surface area contributed by atoms with Gasteiger partial charge in [0.05, 0.1) is 23.6 Å². The molecule has 172 valence electrons. The fourth-order valence-corrected chi connectivity index (χ4v) is 6.22. The number of amides is 1. The van der Waals surface area contributed by atoms with Crippen LogP contribution in [0.15, 0.2) is 24.4 Å².